The Morgan fingerprint density at radius 3 is 1.77 bits per heavy atom. The van der Waals surface area contributed by atoms with Gasteiger partial charge in [0.1, 0.15) is 0 Å². The molecule has 0 amide bonds. The van der Waals surface area contributed by atoms with Gasteiger partial charge in [0.2, 0.25) is 0 Å². The zero-order valence-electron chi connectivity index (χ0n) is 22.8. The molecule has 0 aliphatic carbocycles. The lowest BCUT2D eigenvalue weighted by molar-refractivity contribution is 0.386. The van der Waals surface area contributed by atoms with Crippen LogP contribution in [0.1, 0.15) is 84.4 Å². The van der Waals surface area contributed by atoms with Crippen molar-refractivity contribution in [3.63, 3.8) is 0 Å². The third-order valence-corrected chi connectivity index (χ3v) is 7.85. The Morgan fingerprint density at radius 2 is 1.26 bits per heavy atom. The zero-order valence-corrected chi connectivity index (χ0v) is 22.8. The van der Waals surface area contributed by atoms with Crippen LogP contribution in [0.25, 0.3) is 11.1 Å². The van der Waals surface area contributed by atoms with Gasteiger partial charge >= 0.3 is 0 Å². The average molecular weight is 465 g/mol. The molecule has 184 valence electrons. The van der Waals surface area contributed by atoms with E-state index in [0.29, 0.717) is 17.8 Å². The average Bonchev–Trinajstić information content (AvgIpc) is 2.85. The molecule has 0 heterocycles. The third kappa shape index (κ3) is 6.23. The molecule has 0 nitrogen and oxygen atoms in total. The molecular formula is C35H44. The quantitative estimate of drug-likeness (QED) is 0.265. The maximum atomic E-state index is 4.75. The summed E-state index contributed by atoms with van der Waals surface area (Å²) in [7, 11) is 0. The van der Waals surface area contributed by atoms with Crippen molar-refractivity contribution in [2.45, 2.75) is 73.1 Å². The van der Waals surface area contributed by atoms with Crippen LogP contribution in [0.15, 0.2) is 79.9 Å². The summed E-state index contributed by atoms with van der Waals surface area (Å²) in [6.07, 6.45) is 4.57. The molecule has 3 aromatic rings. The highest BCUT2D eigenvalue weighted by atomic mass is 14.4. The highest BCUT2D eigenvalue weighted by molar-refractivity contribution is 5.71. The predicted molar refractivity (Wildman–Crippen MR) is 156 cm³/mol. The molecule has 0 aromatic heterocycles. The molecule has 3 atom stereocenters. The number of allylic oxidation sites excluding steroid dienone is 2. The van der Waals surface area contributed by atoms with Crippen LogP contribution in [0.4, 0.5) is 0 Å². The van der Waals surface area contributed by atoms with Gasteiger partial charge in [0, 0.05) is 0 Å². The van der Waals surface area contributed by atoms with Gasteiger partial charge in [0.25, 0.3) is 0 Å². The van der Waals surface area contributed by atoms with Crippen molar-refractivity contribution in [2.24, 2.45) is 11.8 Å². The van der Waals surface area contributed by atoms with Crippen molar-refractivity contribution in [3.8, 4) is 0 Å². The lowest BCUT2D eigenvalue weighted by Gasteiger charge is -2.38. The summed E-state index contributed by atoms with van der Waals surface area (Å²) < 4.78 is 0. The molecule has 0 bridgehead atoms. The molecule has 0 spiro atoms. The molecule has 0 aliphatic rings. The fraction of sp³-hybridized carbons (Fsp3) is 0.371. The minimum atomic E-state index is 0.326. The molecule has 3 rings (SSSR count). The largest absolute Gasteiger partial charge is 0.0949 e. The van der Waals surface area contributed by atoms with E-state index in [1.807, 2.05) is 0 Å². The lowest BCUT2D eigenvalue weighted by atomic mass is 9.66. The van der Waals surface area contributed by atoms with Crippen LogP contribution in [-0.4, -0.2) is 0 Å². The number of rotatable bonds is 11. The first-order valence-corrected chi connectivity index (χ1v) is 13.4. The van der Waals surface area contributed by atoms with E-state index in [4.69, 9.17) is 13.2 Å². The molecule has 0 radical (unpaired) electrons. The van der Waals surface area contributed by atoms with E-state index in [2.05, 4.69) is 108 Å². The summed E-state index contributed by atoms with van der Waals surface area (Å²) in [6, 6.07) is 24.6. The number of hydrogen-bond acceptors (Lipinski definition) is 0. The van der Waals surface area contributed by atoms with Gasteiger partial charge in [-0.05, 0) is 97.3 Å². The molecule has 35 heavy (non-hydrogen) atoms. The van der Waals surface area contributed by atoms with E-state index in [0.717, 1.165) is 12.8 Å². The molecule has 0 saturated carbocycles. The van der Waals surface area contributed by atoms with Crippen LogP contribution in [0.2, 0.25) is 0 Å². The summed E-state index contributed by atoms with van der Waals surface area (Å²) in [5.41, 5.74) is 11.9. The van der Waals surface area contributed by atoms with Gasteiger partial charge in [-0.25, -0.2) is 0 Å². The first-order valence-electron chi connectivity index (χ1n) is 13.4. The number of unbranched alkanes of at least 4 members (excludes halogenated alkanes) is 1. The van der Waals surface area contributed by atoms with Crippen LogP contribution in [-0.2, 0) is 0 Å². The van der Waals surface area contributed by atoms with Crippen molar-refractivity contribution in [2.75, 3.05) is 0 Å². The fourth-order valence-corrected chi connectivity index (χ4v) is 5.68. The van der Waals surface area contributed by atoms with E-state index in [1.165, 1.54) is 62.9 Å². The Kier molecular flexibility index (Phi) is 9.33. The Balaban J connectivity index is 2.20. The van der Waals surface area contributed by atoms with Crippen molar-refractivity contribution >= 4 is 11.1 Å². The molecule has 0 fully saturated rings. The highest BCUT2D eigenvalue weighted by Crippen LogP contribution is 2.48. The lowest BCUT2D eigenvalue weighted by Crippen LogP contribution is -2.25. The molecule has 0 saturated heterocycles. The summed E-state index contributed by atoms with van der Waals surface area (Å²) in [4.78, 5) is 0. The summed E-state index contributed by atoms with van der Waals surface area (Å²) in [5.74, 6) is 1.01. The molecule has 0 aliphatic heterocycles. The Bertz CT molecular complexity index is 1160. The maximum absolute atomic E-state index is 4.75. The second kappa shape index (κ2) is 12.2. The first kappa shape index (κ1) is 26.7. The van der Waals surface area contributed by atoms with E-state index in [1.54, 1.807) is 0 Å². The number of aryl methyl sites for hydroxylation is 3. The zero-order chi connectivity index (χ0) is 25.5. The van der Waals surface area contributed by atoms with Gasteiger partial charge in [0.15, 0.2) is 0 Å². The minimum absolute atomic E-state index is 0.326. The third-order valence-electron chi connectivity index (χ3n) is 7.85. The Labute approximate surface area is 214 Å². The summed E-state index contributed by atoms with van der Waals surface area (Å²) in [5, 5.41) is 0. The van der Waals surface area contributed by atoms with Crippen LogP contribution >= 0.6 is 0 Å². The van der Waals surface area contributed by atoms with Crippen molar-refractivity contribution in [1.82, 2.24) is 0 Å². The van der Waals surface area contributed by atoms with Crippen molar-refractivity contribution in [3.05, 3.63) is 119 Å². The SMILES string of the molecule is C=C(c1cccc(C)c1)C(CC)C(c1cccc(C)c1C)C(CCCC)C(=C)c1cccc(C)c1. The maximum Gasteiger partial charge on any atom is -0.00216 e. The van der Waals surface area contributed by atoms with E-state index >= 15 is 0 Å². The predicted octanol–water partition coefficient (Wildman–Crippen LogP) is 10.3. The van der Waals surface area contributed by atoms with E-state index in [9.17, 15) is 0 Å². The number of benzene rings is 3. The van der Waals surface area contributed by atoms with Crippen LogP contribution in [0.5, 0.6) is 0 Å². The fourth-order valence-electron chi connectivity index (χ4n) is 5.68. The second-order valence-corrected chi connectivity index (χ2v) is 10.4. The molecular weight excluding hydrogens is 420 g/mol. The van der Waals surface area contributed by atoms with Gasteiger partial charge < -0.3 is 0 Å². The standard InChI is InChI=1S/C35H44/c1-9-11-20-34(29(8)31-19-13-16-25(4)23-31)35(33-21-14-17-26(5)27(33)6)32(10-2)28(7)30-18-12-15-24(3)22-30/h12-19,21-23,32,34-35H,7-11,20H2,1-6H3. The van der Waals surface area contributed by atoms with Crippen molar-refractivity contribution < 1.29 is 0 Å². The summed E-state index contributed by atoms with van der Waals surface area (Å²) in [6.45, 7) is 23.0. The van der Waals surface area contributed by atoms with Gasteiger partial charge in [-0.1, -0.05) is 118 Å². The van der Waals surface area contributed by atoms with Gasteiger partial charge in [-0.2, -0.15) is 0 Å². The normalized spacial score (nSPS) is 13.8. The Morgan fingerprint density at radius 1 is 0.714 bits per heavy atom. The van der Waals surface area contributed by atoms with Gasteiger partial charge in [-0.15, -0.1) is 0 Å². The Hall–Kier alpha value is -2.86. The van der Waals surface area contributed by atoms with Gasteiger partial charge in [-0.3, -0.25) is 0 Å². The molecule has 3 unspecified atom stereocenters. The highest BCUT2D eigenvalue weighted by Gasteiger charge is 2.34. The monoisotopic (exact) mass is 464 g/mol. The van der Waals surface area contributed by atoms with Crippen LogP contribution in [0.3, 0.4) is 0 Å². The first-order chi connectivity index (χ1) is 16.8. The number of hydrogen-bond donors (Lipinski definition) is 0. The molecule has 0 N–H and O–H groups in total. The topological polar surface area (TPSA) is 0 Å². The van der Waals surface area contributed by atoms with Crippen LogP contribution in [0, 0.1) is 39.5 Å². The second-order valence-electron chi connectivity index (χ2n) is 10.4. The molecule has 0 heteroatoms. The smallest absolute Gasteiger partial charge is 0.00216 e. The van der Waals surface area contributed by atoms with E-state index in [-0.39, 0.29) is 0 Å². The van der Waals surface area contributed by atoms with Gasteiger partial charge in [0.05, 0.1) is 0 Å². The molecule has 3 aromatic carbocycles. The minimum Gasteiger partial charge on any atom is -0.0949 e. The summed E-state index contributed by atoms with van der Waals surface area (Å²) >= 11 is 0. The van der Waals surface area contributed by atoms with Crippen LogP contribution < -0.4 is 0 Å². The van der Waals surface area contributed by atoms with Crippen molar-refractivity contribution in [1.29, 1.82) is 0 Å². The van der Waals surface area contributed by atoms with E-state index < -0.39 is 0 Å².